The Morgan fingerprint density at radius 1 is 0.636 bits per heavy atom. The van der Waals surface area contributed by atoms with Crippen LogP contribution in [0.1, 0.15) is 99.7 Å². The lowest BCUT2D eigenvalue weighted by molar-refractivity contribution is -0.0496. The second-order valence-electron chi connectivity index (χ2n) is 10.4. The summed E-state index contributed by atoms with van der Waals surface area (Å²) in [6.07, 6.45) is 16.7. The van der Waals surface area contributed by atoms with Gasteiger partial charge in [-0.25, -0.2) is 0 Å². The molecule has 2 heteroatoms. The molecule has 0 N–H and O–H groups in total. The summed E-state index contributed by atoms with van der Waals surface area (Å²) in [6.45, 7) is 0.338. The molecule has 0 spiro atoms. The molecule has 0 bridgehead atoms. The molecule has 0 amide bonds. The van der Waals surface area contributed by atoms with Crippen molar-refractivity contribution >= 4 is 0 Å². The van der Waals surface area contributed by atoms with Crippen LogP contribution in [0.5, 0.6) is 5.75 Å². The molecule has 3 aliphatic carbocycles. The fourth-order valence-corrected chi connectivity index (χ4v) is 6.22. The fraction of sp³-hybridized carbons (Fsp3) is 0.548. The molecule has 2 nitrogen and oxygen atoms in total. The summed E-state index contributed by atoms with van der Waals surface area (Å²) in [5.41, 5.74) is 3.61. The van der Waals surface area contributed by atoms with Gasteiger partial charge >= 0.3 is 0 Å². The van der Waals surface area contributed by atoms with Crippen LogP contribution in [0.3, 0.4) is 0 Å². The molecular formula is C31H38O2. The number of ether oxygens (including phenoxy) is 2. The molecule has 0 aromatic heterocycles. The van der Waals surface area contributed by atoms with E-state index < -0.39 is 0 Å². The zero-order valence-electron chi connectivity index (χ0n) is 19.9. The maximum Gasteiger partial charge on any atom is 0.189 e. The average Bonchev–Trinajstić information content (AvgIpc) is 2.89. The largest absolute Gasteiger partial charge is 0.468 e. The van der Waals surface area contributed by atoms with Crippen molar-refractivity contribution < 1.29 is 9.47 Å². The van der Waals surface area contributed by atoms with Crippen molar-refractivity contribution in [2.45, 2.75) is 89.1 Å². The van der Waals surface area contributed by atoms with Gasteiger partial charge in [-0.2, -0.15) is 0 Å². The third kappa shape index (κ3) is 6.21. The third-order valence-electron chi connectivity index (χ3n) is 8.21. The van der Waals surface area contributed by atoms with Gasteiger partial charge in [0.05, 0.1) is 6.10 Å². The van der Waals surface area contributed by atoms with Crippen molar-refractivity contribution in [1.29, 1.82) is 0 Å². The molecule has 3 fully saturated rings. The van der Waals surface area contributed by atoms with Gasteiger partial charge in [0, 0.05) is 11.1 Å². The summed E-state index contributed by atoms with van der Waals surface area (Å²) in [4.78, 5) is 0. The van der Waals surface area contributed by atoms with Gasteiger partial charge in [0.15, 0.2) is 6.79 Å². The monoisotopic (exact) mass is 442 g/mol. The zero-order valence-corrected chi connectivity index (χ0v) is 19.9. The molecule has 3 atom stereocenters. The van der Waals surface area contributed by atoms with Crippen molar-refractivity contribution in [3.8, 4) is 17.6 Å². The lowest BCUT2D eigenvalue weighted by atomic mass is 9.66. The van der Waals surface area contributed by atoms with E-state index in [1.165, 1.54) is 82.6 Å². The Bertz CT molecular complexity index is 928. The minimum absolute atomic E-state index is 0.338. The van der Waals surface area contributed by atoms with E-state index in [4.69, 9.17) is 9.47 Å². The topological polar surface area (TPSA) is 18.5 Å². The quantitative estimate of drug-likeness (QED) is 0.347. The first-order chi connectivity index (χ1) is 16.3. The van der Waals surface area contributed by atoms with E-state index in [-0.39, 0.29) is 0 Å². The highest BCUT2D eigenvalue weighted by atomic mass is 16.7. The molecular weight excluding hydrogens is 404 g/mol. The maximum atomic E-state index is 5.85. The van der Waals surface area contributed by atoms with E-state index in [1.807, 2.05) is 24.3 Å². The van der Waals surface area contributed by atoms with Crippen molar-refractivity contribution in [3.05, 3.63) is 65.2 Å². The molecule has 2 aromatic rings. The first kappa shape index (κ1) is 22.5. The minimum Gasteiger partial charge on any atom is -0.468 e. The Morgan fingerprint density at radius 3 is 2.00 bits per heavy atom. The van der Waals surface area contributed by atoms with Gasteiger partial charge in [-0.3, -0.25) is 0 Å². The van der Waals surface area contributed by atoms with Gasteiger partial charge in [-0.05, 0) is 91.8 Å². The standard InChI is InChI=1S/C31H38O2/c1-2-8-30(9-3-1)32-23-33-31-20-14-25(15-21-31)11-10-24-12-16-27(17-13-24)29-19-18-26-6-4-5-7-28(26)22-29/h12-17,20-21,26,28-30H,1-9,18-19,22-23H2. The van der Waals surface area contributed by atoms with E-state index in [9.17, 15) is 0 Å². The van der Waals surface area contributed by atoms with Crippen LogP contribution < -0.4 is 4.74 Å². The highest BCUT2D eigenvalue weighted by Crippen LogP contribution is 2.46. The van der Waals surface area contributed by atoms with Crippen LogP contribution in [0.2, 0.25) is 0 Å². The SMILES string of the molecule is C(#Cc1ccc(C2CCC3CCCCC3C2)cc1)c1ccc(OCOC2CCCCC2)cc1. The molecule has 33 heavy (non-hydrogen) atoms. The van der Waals surface area contributed by atoms with E-state index in [1.54, 1.807) is 0 Å². The summed E-state index contributed by atoms with van der Waals surface area (Å²) < 4.78 is 11.6. The smallest absolute Gasteiger partial charge is 0.189 e. The summed E-state index contributed by atoms with van der Waals surface area (Å²) >= 11 is 0. The number of benzene rings is 2. The van der Waals surface area contributed by atoms with Gasteiger partial charge in [-0.1, -0.05) is 68.9 Å². The van der Waals surface area contributed by atoms with Crippen molar-refractivity contribution in [2.75, 3.05) is 6.79 Å². The van der Waals surface area contributed by atoms with E-state index in [0.29, 0.717) is 12.9 Å². The first-order valence-corrected chi connectivity index (χ1v) is 13.3. The van der Waals surface area contributed by atoms with Crippen LogP contribution in [0.25, 0.3) is 0 Å². The van der Waals surface area contributed by atoms with Gasteiger partial charge in [0.2, 0.25) is 0 Å². The highest BCUT2D eigenvalue weighted by molar-refractivity contribution is 5.45. The second kappa shape index (κ2) is 11.3. The molecule has 5 rings (SSSR count). The van der Waals surface area contributed by atoms with Crippen LogP contribution in [0.15, 0.2) is 48.5 Å². The van der Waals surface area contributed by atoms with Gasteiger partial charge < -0.3 is 9.47 Å². The lowest BCUT2D eigenvalue weighted by Gasteiger charge is -2.39. The normalized spacial score (nSPS) is 25.5. The molecule has 0 heterocycles. The number of hydrogen-bond acceptors (Lipinski definition) is 2. The lowest BCUT2D eigenvalue weighted by Crippen LogP contribution is -2.26. The Hall–Kier alpha value is -2.24. The second-order valence-corrected chi connectivity index (χ2v) is 10.4. The third-order valence-corrected chi connectivity index (χ3v) is 8.21. The van der Waals surface area contributed by atoms with Crippen molar-refractivity contribution in [2.24, 2.45) is 11.8 Å². The Balaban J connectivity index is 1.11. The number of fused-ring (bicyclic) bond motifs is 1. The van der Waals surface area contributed by atoms with Gasteiger partial charge in [0.1, 0.15) is 5.75 Å². The summed E-state index contributed by atoms with van der Waals surface area (Å²) in [5, 5.41) is 0. The summed E-state index contributed by atoms with van der Waals surface area (Å²) in [7, 11) is 0. The average molecular weight is 443 g/mol. The van der Waals surface area contributed by atoms with Gasteiger partial charge in [-0.15, -0.1) is 0 Å². The molecule has 2 aromatic carbocycles. The van der Waals surface area contributed by atoms with Crippen LogP contribution in [0.4, 0.5) is 0 Å². The first-order valence-electron chi connectivity index (χ1n) is 13.3. The minimum atomic E-state index is 0.338. The van der Waals surface area contributed by atoms with Crippen LogP contribution >= 0.6 is 0 Å². The van der Waals surface area contributed by atoms with Crippen LogP contribution in [-0.4, -0.2) is 12.9 Å². The maximum absolute atomic E-state index is 5.85. The predicted molar refractivity (Wildman–Crippen MR) is 134 cm³/mol. The molecule has 3 unspecified atom stereocenters. The van der Waals surface area contributed by atoms with Gasteiger partial charge in [0.25, 0.3) is 0 Å². The summed E-state index contributed by atoms with van der Waals surface area (Å²) in [5.74, 6) is 10.2. The van der Waals surface area contributed by atoms with Crippen molar-refractivity contribution in [1.82, 2.24) is 0 Å². The molecule has 3 saturated carbocycles. The van der Waals surface area contributed by atoms with E-state index in [0.717, 1.165) is 34.6 Å². The predicted octanol–water partition coefficient (Wildman–Crippen LogP) is 7.85. The van der Waals surface area contributed by atoms with E-state index in [2.05, 4.69) is 36.1 Å². The zero-order chi connectivity index (χ0) is 22.3. The summed E-state index contributed by atoms with van der Waals surface area (Å²) in [6, 6.07) is 17.1. The number of rotatable bonds is 5. The molecule has 0 saturated heterocycles. The van der Waals surface area contributed by atoms with Crippen LogP contribution in [-0.2, 0) is 4.74 Å². The van der Waals surface area contributed by atoms with Crippen molar-refractivity contribution in [3.63, 3.8) is 0 Å². The molecule has 0 radical (unpaired) electrons. The highest BCUT2D eigenvalue weighted by Gasteiger charge is 2.32. The molecule has 174 valence electrons. The van der Waals surface area contributed by atoms with Crippen LogP contribution in [0, 0.1) is 23.7 Å². The number of hydrogen-bond donors (Lipinski definition) is 0. The Kier molecular flexibility index (Phi) is 7.69. The molecule has 3 aliphatic rings. The fourth-order valence-electron chi connectivity index (χ4n) is 6.22. The van der Waals surface area contributed by atoms with E-state index >= 15 is 0 Å². The Labute approximate surface area is 200 Å². The molecule has 0 aliphatic heterocycles. The Morgan fingerprint density at radius 2 is 1.27 bits per heavy atom.